The number of aliphatic hydroxyl groups excluding tert-OH is 1. The van der Waals surface area contributed by atoms with Crippen LogP contribution in [0, 0.1) is 0 Å². The van der Waals surface area contributed by atoms with E-state index in [1.165, 1.54) is 0 Å². The predicted molar refractivity (Wildman–Crippen MR) is 68.0 cm³/mol. The van der Waals surface area contributed by atoms with Gasteiger partial charge in [-0.3, -0.25) is 4.79 Å². The van der Waals surface area contributed by atoms with Gasteiger partial charge in [-0.1, -0.05) is 6.07 Å². The number of benzene rings is 1. The normalized spacial score (nSPS) is 17.4. The maximum absolute atomic E-state index is 11.5. The molecule has 0 spiro atoms. The van der Waals surface area contributed by atoms with Crippen molar-refractivity contribution in [1.82, 2.24) is 4.90 Å². The molecule has 3 rings (SSSR count). The lowest BCUT2D eigenvalue weighted by Gasteiger charge is -2.11. The number of rotatable bonds is 5. The van der Waals surface area contributed by atoms with E-state index in [4.69, 9.17) is 9.47 Å². The lowest BCUT2D eigenvalue weighted by Crippen LogP contribution is -2.10. The summed E-state index contributed by atoms with van der Waals surface area (Å²) in [6.07, 6.45) is 1.24. The van der Waals surface area contributed by atoms with Gasteiger partial charge in [0.1, 0.15) is 0 Å². The molecule has 1 aromatic rings. The molecule has 0 aromatic heterocycles. The second-order valence-electron chi connectivity index (χ2n) is 4.90. The van der Waals surface area contributed by atoms with Crippen LogP contribution in [0.4, 0.5) is 0 Å². The fraction of sp³-hybridized carbons (Fsp3) is 0.500. The van der Waals surface area contributed by atoms with Crippen molar-refractivity contribution < 1.29 is 19.4 Å². The summed E-state index contributed by atoms with van der Waals surface area (Å²) in [5.41, 5.74) is 0.809. The van der Waals surface area contributed by atoms with E-state index in [9.17, 15) is 9.90 Å². The van der Waals surface area contributed by atoms with Crippen molar-refractivity contribution in [1.29, 1.82) is 0 Å². The van der Waals surface area contributed by atoms with Gasteiger partial charge in [0.15, 0.2) is 11.5 Å². The Bertz CT molecular complexity index is 484. The Morgan fingerprint density at radius 1 is 1.32 bits per heavy atom. The summed E-state index contributed by atoms with van der Waals surface area (Å²) >= 11 is 0. The van der Waals surface area contributed by atoms with Gasteiger partial charge < -0.3 is 19.5 Å². The van der Waals surface area contributed by atoms with Crippen LogP contribution in [0.2, 0.25) is 0 Å². The highest BCUT2D eigenvalue weighted by atomic mass is 16.7. The van der Waals surface area contributed by atoms with Gasteiger partial charge in [-0.2, -0.15) is 0 Å². The van der Waals surface area contributed by atoms with Crippen molar-refractivity contribution in [3.63, 3.8) is 0 Å². The van der Waals surface area contributed by atoms with Crippen LogP contribution in [-0.2, 0) is 4.79 Å². The Kier molecular flexibility index (Phi) is 3.29. The van der Waals surface area contributed by atoms with E-state index < -0.39 is 6.10 Å². The summed E-state index contributed by atoms with van der Waals surface area (Å²) in [6.45, 7) is 2.02. The van der Waals surface area contributed by atoms with Gasteiger partial charge in [-0.15, -0.1) is 0 Å². The Morgan fingerprint density at radius 3 is 2.89 bits per heavy atom. The van der Waals surface area contributed by atoms with Crippen LogP contribution in [0.15, 0.2) is 18.2 Å². The molecule has 1 N–H and O–H groups in total. The molecule has 1 aromatic carbocycles. The minimum Gasteiger partial charge on any atom is -0.454 e. The Morgan fingerprint density at radius 2 is 2.11 bits per heavy atom. The third kappa shape index (κ3) is 2.81. The summed E-state index contributed by atoms with van der Waals surface area (Å²) in [5, 5.41) is 10.1. The number of hydrogen-bond donors (Lipinski definition) is 1. The van der Waals surface area contributed by atoms with E-state index in [1.54, 1.807) is 6.07 Å². The van der Waals surface area contributed by atoms with Crippen molar-refractivity contribution in [3.8, 4) is 11.5 Å². The minimum absolute atomic E-state index is 0.192. The number of amides is 1. The number of aliphatic hydroxyl groups is 1. The molecule has 2 heterocycles. The van der Waals surface area contributed by atoms with Crippen LogP contribution >= 0.6 is 0 Å². The molecule has 102 valence electrons. The minimum atomic E-state index is -0.559. The number of ether oxygens (including phenoxy) is 2. The number of hydrogen-bond acceptors (Lipinski definition) is 4. The Hall–Kier alpha value is -1.75. The first-order chi connectivity index (χ1) is 9.24. The summed E-state index contributed by atoms with van der Waals surface area (Å²) in [4.78, 5) is 13.3. The molecule has 2 aliphatic rings. The molecule has 2 aliphatic heterocycles. The average Bonchev–Trinajstić information content (AvgIpc) is 3.16. The molecule has 0 saturated carbocycles. The van der Waals surface area contributed by atoms with Gasteiger partial charge in [0.05, 0.1) is 6.10 Å². The number of carbonyl (C=O) groups excluding carboxylic acids is 1. The number of nitrogens with zero attached hydrogens (tertiary/aromatic N) is 1. The molecular formula is C14H17NO4. The van der Waals surface area contributed by atoms with E-state index in [2.05, 4.69) is 0 Å². The topological polar surface area (TPSA) is 58.8 Å². The van der Waals surface area contributed by atoms with E-state index in [0.717, 1.165) is 18.7 Å². The zero-order valence-electron chi connectivity index (χ0n) is 10.7. The molecule has 19 heavy (non-hydrogen) atoms. The second-order valence-corrected chi connectivity index (χ2v) is 4.90. The lowest BCUT2D eigenvalue weighted by atomic mass is 10.0. The van der Waals surface area contributed by atoms with Gasteiger partial charge in [0.2, 0.25) is 12.7 Å². The predicted octanol–water partition coefficient (Wildman–Crippen LogP) is 1.46. The maximum Gasteiger partial charge on any atom is 0.231 e. The van der Waals surface area contributed by atoms with Crippen LogP contribution < -0.4 is 9.47 Å². The first-order valence-corrected chi connectivity index (χ1v) is 6.59. The zero-order valence-corrected chi connectivity index (χ0v) is 10.7. The third-order valence-corrected chi connectivity index (χ3v) is 3.45. The van der Waals surface area contributed by atoms with Crippen molar-refractivity contribution in [2.75, 3.05) is 19.9 Å². The fourth-order valence-corrected chi connectivity index (χ4v) is 2.19. The molecule has 0 aliphatic carbocycles. The second kappa shape index (κ2) is 5.09. The van der Waals surface area contributed by atoms with Gasteiger partial charge in [-0.25, -0.2) is 0 Å². The molecule has 0 radical (unpaired) electrons. The van der Waals surface area contributed by atoms with Crippen molar-refractivity contribution >= 4 is 5.91 Å². The van der Waals surface area contributed by atoms with E-state index in [1.807, 2.05) is 17.0 Å². The molecular weight excluding hydrogens is 246 g/mol. The van der Waals surface area contributed by atoms with Crippen LogP contribution in [-0.4, -0.2) is 35.8 Å². The largest absolute Gasteiger partial charge is 0.454 e. The summed E-state index contributed by atoms with van der Waals surface area (Å²) in [7, 11) is 0. The summed E-state index contributed by atoms with van der Waals surface area (Å²) in [5.74, 6) is 1.59. The van der Waals surface area contributed by atoms with Crippen LogP contribution in [0.5, 0.6) is 11.5 Å². The first-order valence-electron chi connectivity index (χ1n) is 6.59. The highest BCUT2D eigenvalue weighted by Gasteiger charge is 2.23. The standard InChI is InChI=1S/C14H17NO4/c16-11(2-1-3-14(17)15-6-7-15)10-4-5-12-13(8-10)19-9-18-12/h4-5,8,11,16H,1-3,6-7,9H2. The average molecular weight is 263 g/mol. The first kappa shape index (κ1) is 12.3. The molecule has 1 atom stereocenters. The Balaban J connectivity index is 1.51. The van der Waals surface area contributed by atoms with Crippen molar-refractivity contribution in [2.24, 2.45) is 0 Å². The smallest absolute Gasteiger partial charge is 0.231 e. The van der Waals surface area contributed by atoms with Crippen LogP contribution in [0.25, 0.3) is 0 Å². The van der Waals surface area contributed by atoms with Crippen molar-refractivity contribution in [2.45, 2.75) is 25.4 Å². The molecule has 5 nitrogen and oxygen atoms in total. The van der Waals surface area contributed by atoms with Gasteiger partial charge >= 0.3 is 0 Å². The van der Waals surface area contributed by atoms with Crippen LogP contribution in [0.1, 0.15) is 30.9 Å². The zero-order chi connectivity index (χ0) is 13.2. The molecule has 0 bridgehead atoms. The lowest BCUT2D eigenvalue weighted by molar-refractivity contribution is -0.125. The monoisotopic (exact) mass is 263 g/mol. The van der Waals surface area contributed by atoms with E-state index in [0.29, 0.717) is 30.8 Å². The third-order valence-electron chi connectivity index (χ3n) is 3.45. The molecule has 1 fully saturated rings. The maximum atomic E-state index is 11.5. The van der Waals surface area contributed by atoms with Crippen molar-refractivity contribution in [3.05, 3.63) is 23.8 Å². The van der Waals surface area contributed by atoms with Gasteiger partial charge in [0, 0.05) is 19.5 Å². The highest BCUT2D eigenvalue weighted by molar-refractivity contribution is 5.78. The van der Waals surface area contributed by atoms with Crippen LogP contribution in [0.3, 0.4) is 0 Å². The fourth-order valence-electron chi connectivity index (χ4n) is 2.19. The summed E-state index contributed by atoms with van der Waals surface area (Å²) < 4.78 is 10.5. The molecule has 1 unspecified atom stereocenters. The highest BCUT2D eigenvalue weighted by Crippen LogP contribution is 2.35. The van der Waals surface area contributed by atoms with E-state index >= 15 is 0 Å². The number of carbonyl (C=O) groups is 1. The SMILES string of the molecule is O=C(CCCC(O)c1ccc2c(c1)OCO2)N1CC1. The van der Waals surface area contributed by atoms with Gasteiger partial charge in [-0.05, 0) is 30.5 Å². The Labute approximate surface area is 111 Å². The molecule has 1 saturated heterocycles. The van der Waals surface area contributed by atoms with Gasteiger partial charge in [0.25, 0.3) is 0 Å². The molecule has 1 amide bonds. The summed E-state index contributed by atoms with van der Waals surface area (Å²) in [6, 6.07) is 5.45. The van der Waals surface area contributed by atoms with E-state index in [-0.39, 0.29) is 12.7 Å². The quantitative estimate of drug-likeness (QED) is 0.817. The number of fused-ring (bicyclic) bond motifs is 1. The molecule has 5 heteroatoms.